The summed E-state index contributed by atoms with van der Waals surface area (Å²) in [6, 6.07) is 5.04. The Labute approximate surface area is 191 Å². The van der Waals surface area contributed by atoms with Gasteiger partial charge in [-0.05, 0) is 26.8 Å². The van der Waals surface area contributed by atoms with Crippen LogP contribution in [0.5, 0.6) is 5.88 Å². The van der Waals surface area contributed by atoms with Crippen LogP contribution in [-0.4, -0.2) is 57.6 Å². The molecule has 3 rings (SSSR count). The SMILES string of the molecule is COc1cccc(-c2nnc(NS(=O)(=O)C(C)C(OC)c3ncc(Cl)cn3)n2C(C)C)n1. The lowest BCUT2D eigenvalue weighted by atomic mass is 10.2. The van der Waals surface area contributed by atoms with Crippen LogP contribution in [-0.2, 0) is 14.8 Å². The average molecular weight is 482 g/mol. The van der Waals surface area contributed by atoms with Crippen LogP contribution in [0.3, 0.4) is 0 Å². The minimum atomic E-state index is -3.98. The van der Waals surface area contributed by atoms with Gasteiger partial charge in [-0.15, -0.1) is 10.2 Å². The van der Waals surface area contributed by atoms with Crippen molar-refractivity contribution in [2.45, 2.75) is 38.2 Å². The number of hydrogen-bond donors (Lipinski definition) is 1. The van der Waals surface area contributed by atoms with Crippen LogP contribution in [0.1, 0.15) is 38.7 Å². The van der Waals surface area contributed by atoms with E-state index in [1.54, 1.807) is 22.8 Å². The lowest BCUT2D eigenvalue weighted by molar-refractivity contribution is 0.0950. The van der Waals surface area contributed by atoms with Gasteiger partial charge in [0.25, 0.3) is 0 Å². The summed E-state index contributed by atoms with van der Waals surface area (Å²) in [5, 5.41) is 7.50. The van der Waals surface area contributed by atoms with Crippen LogP contribution in [0.15, 0.2) is 30.6 Å². The van der Waals surface area contributed by atoms with Gasteiger partial charge in [0.15, 0.2) is 11.6 Å². The molecule has 2 atom stereocenters. The van der Waals surface area contributed by atoms with Gasteiger partial charge in [0.2, 0.25) is 21.9 Å². The molecule has 32 heavy (non-hydrogen) atoms. The summed E-state index contributed by atoms with van der Waals surface area (Å²) >= 11 is 5.83. The van der Waals surface area contributed by atoms with Crippen LogP contribution >= 0.6 is 11.6 Å². The molecule has 0 bridgehead atoms. The van der Waals surface area contributed by atoms with Crippen molar-refractivity contribution < 1.29 is 17.9 Å². The van der Waals surface area contributed by atoms with Gasteiger partial charge in [-0.1, -0.05) is 17.7 Å². The molecular weight excluding hydrogens is 458 g/mol. The molecule has 0 fully saturated rings. The maximum absolute atomic E-state index is 13.2. The van der Waals surface area contributed by atoms with Gasteiger partial charge in [-0.3, -0.25) is 9.29 Å². The van der Waals surface area contributed by atoms with Crippen LogP contribution < -0.4 is 9.46 Å². The number of nitrogens with zero attached hydrogens (tertiary/aromatic N) is 6. The van der Waals surface area contributed by atoms with Crippen LogP contribution in [0, 0.1) is 0 Å². The third-order valence-electron chi connectivity index (χ3n) is 4.67. The van der Waals surface area contributed by atoms with Crippen molar-refractivity contribution in [1.29, 1.82) is 0 Å². The Hall–Kier alpha value is -2.83. The normalized spacial score (nSPS) is 13.7. The first-order valence-corrected chi connectivity index (χ1v) is 11.6. The second-order valence-corrected chi connectivity index (χ2v) is 9.62. The fraction of sp³-hybridized carbons (Fsp3) is 0.421. The summed E-state index contributed by atoms with van der Waals surface area (Å²) in [5.41, 5.74) is 0.494. The Morgan fingerprint density at radius 2 is 1.78 bits per heavy atom. The lowest BCUT2D eigenvalue weighted by Gasteiger charge is -2.22. The highest BCUT2D eigenvalue weighted by Crippen LogP contribution is 2.28. The van der Waals surface area contributed by atoms with Gasteiger partial charge in [-0.2, -0.15) is 0 Å². The molecule has 13 heteroatoms. The van der Waals surface area contributed by atoms with Crippen molar-refractivity contribution in [3.8, 4) is 17.4 Å². The number of nitrogens with one attached hydrogen (secondary N) is 1. The Kier molecular flexibility index (Phi) is 7.26. The summed E-state index contributed by atoms with van der Waals surface area (Å²) in [4.78, 5) is 12.5. The molecule has 0 amide bonds. The molecule has 1 N–H and O–H groups in total. The number of sulfonamides is 1. The van der Waals surface area contributed by atoms with Gasteiger partial charge in [0.1, 0.15) is 17.0 Å². The molecule has 0 spiro atoms. The lowest BCUT2D eigenvalue weighted by Crippen LogP contribution is -2.33. The first-order chi connectivity index (χ1) is 15.2. The second kappa shape index (κ2) is 9.76. The van der Waals surface area contributed by atoms with Crippen molar-refractivity contribution >= 4 is 27.6 Å². The topological polar surface area (TPSA) is 134 Å². The van der Waals surface area contributed by atoms with E-state index in [1.807, 2.05) is 13.8 Å². The third-order valence-corrected chi connectivity index (χ3v) is 6.56. The number of ether oxygens (including phenoxy) is 2. The third kappa shape index (κ3) is 4.97. The summed E-state index contributed by atoms with van der Waals surface area (Å²) in [5.74, 6) is 1.05. The quantitative estimate of drug-likeness (QED) is 0.489. The van der Waals surface area contributed by atoms with E-state index < -0.39 is 21.4 Å². The fourth-order valence-electron chi connectivity index (χ4n) is 3.04. The average Bonchev–Trinajstić information content (AvgIpc) is 3.18. The first kappa shape index (κ1) is 23.8. The second-order valence-electron chi connectivity index (χ2n) is 7.14. The summed E-state index contributed by atoms with van der Waals surface area (Å²) in [6.45, 7) is 5.26. The van der Waals surface area contributed by atoms with Crippen LogP contribution in [0.2, 0.25) is 5.02 Å². The monoisotopic (exact) mass is 481 g/mol. The predicted octanol–water partition coefficient (Wildman–Crippen LogP) is 2.89. The molecule has 0 aromatic carbocycles. The molecule has 0 aliphatic carbocycles. The highest BCUT2D eigenvalue weighted by Gasteiger charge is 2.34. The van der Waals surface area contributed by atoms with E-state index in [1.165, 1.54) is 33.5 Å². The highest BCUT2D eigenvalue weighted by atomic mass is 35.5. The molecule has 0 aliphatic heterocycles. The van der Waals surface area contributed by atoms with E-state index in [0.29, 0.717) is 22.4 Å². The smallest absolute Gasteiger partial charge is 0.240 e. The molecule has 0 radical (unpaired) electrons. The van der Waals surface area contributed by atoms with E-state index >= 15 is 0 Å². The summed E-state index contributed by atoms with van der Waals surface area (Å²) in [6.07, 6.45) is 1.83. The van der Waals surface area contributed by atoms with Gasteiger partial charge < -0.3 is 9.47 Å². The molecule has 172 valence electrons. The number of aromatic nitrogens is 6. The van der Waals surface area contributed by atoms with Crippen molar-refractivity contribution in [3.05, 3.63) is 41.4 Å². The maximum Gasteiger partial charge on any atom is 0.240 e. The first-order valence-electron chi connectivity index (χ1n) is 9.66. The zero-order chi connectivity index (χ0) is 23.5. The van der Waals surface area contributed by atoms with Crippen molar-refractivity contribution in [3.63, 3.8) is 0 Å². The van der Waals surface area contributed by atoms with Gasteiger partial charge in [-0.25, -0.2) is 23.4 Å². The summed E-state index contributed by atoms with van der Waals surface area (Å²) < 4.78 is 41.1. The molecule has 0 saturated heterocycles. The van der Waals surface area contributed by atoms with Crippen LogP contribution in [0.25, 0.3) is 11.5 Å². The molecular formula is C19H24ClN7O4S. The Balaban J connectivity index is 1.94. The molecule has 3 heterocycles. The Morgan fingerprint density at radius 1 is 1.09 bits per heavy atom. The Bertz CT molecular complexity index is 1170. The van der Waals surface area contributed by atoms with Crippen molar-refractivity contribution in [1.82, 2.24) is 29.7 Å². The summed E-state index contributed by atoms with van der Waals surface area (Å²) in [7, 11) is -1.08. The number of anilines is 1. The van der Waals surface area contributed by atoms with Crippen molar-refractivity contribution in [2.24, 2.45) is 0 Å². The van der Waals surface area contributed by atoms with Gasteiger partial charge in [0.05, 0.1) is 12.1 Å². The van der Waals surface area contributed by atoms with E-state index in [9.17, 15) is 8.42 Å². The number of halogens is 1. The fourth-order valence-corrected chi connectivity index (χ4v) is 4.27. The molecule has 3 aromatic rings. The molecule has 2 unspecified atom stereocenters. The van der Waals surface area contributed by atoms with E-state index in [-0.39, 0.29) is 17.8 Å². The van der Waals surface area contributed by atoms with Gasteiger partial charge in [0, 0.05) is 31.6 Å². The van der Waals surface area contributed by atoms with Gasteiger partial charge >= 0.3 is 0 Å². The number of rotatable bonds is 9. The van der Waals surface area contributed by atoms with E-state index in [4.69, 9.17) is 21.1 Å². The minimum Gasteiger partial charge on any atom is -0.481 e. The van der Waals surface area contributed by atoms with Crippen molar-refractivity contribution in [2.75, 3.05) is 18.9 Å². The predicted molar refractivity (Wildman–Crippen MR) is 119 cm³/mol. The largest absolute Gasteiger partial charge is 0.481 e. The zero-order valence-electron chi connectivity index (χ0n) is 18.2. The van der Waals surface area contributed by atoms with Crippen LogP contribution in [0.4, 0.5) is 5.95 Å². The maximum atomic E-state index is 13.2. The van der Waals surface area contributed by atoms with E-state index in [0.717, 1.165) is 0 Å². The number of hydrogen-bond acceptors (Lipinski definition) is 9. The number of methoxy groups -OCH3 is 2. The molecule has 3 aromatic heterocycles. The molecule has 11 nitrogen and oxygen atoms in total. The standard InChI is InChI=1S/C19H24ClN7O4S/c1-11(2)27-18(14-7-6-8-15(23-14)30-4)24-25-19(27)26-32(28,29)12(3)16(31-5)17-21-9-13(20)10-22-17/h6-12,16H,1-5H3,(H,25,26). The highest BCUT2D eigenvalue weighted by molar-refractivity contribution is 7.93. The molecule has 0 saturated carbocycles. The van der Waals surface area contributed by atoms with E-state index in [2.05, 4.69) is 29.9 Å². The Morgan fingerprint density at radius 3 is 2.38 bits per heavy atom. The minimum absolute atomic E-state index is 0.0540. The molecule has 0 aliphatic rings. The zero-order valence-corrected chi connectivity index (χ0v) is 19.8. The number of pyridine rings is 1.